The zero-order chi connectivity index (χ0) is 16.5. The molecule has 0 bridgehead atoms. The number of aryl methyl sites for hydroxylation is 1. The van der Waals surface area contributed by atoms with E-state index in [2.05, 4.69) is 20.9 Å². The Balaban J connectivity index is 1.42. The molecule has 6 nitrogen and oxygen atoms in total. The van der Waals surface area contributed by atoms with Crippen LogP contribution in [0.2, 0.25) is 0 Å². The number of benzene rings is 1. The molecule has 2 aliphatic rings. The minimum Gasteiger partial charge on any atom is -0.380 e. The Labute approximate surface area is 140 Å². The number of nitrogens with zero attached hydrogens (tertiary/aromatic N) is 4. The number of imidazole rings is 1. The summed E-state index contributed by atoms with van der Waals surface area (Å²) in [5.74, 6) is 1.10. The summed E-state index contributed by atoms with van der Waals surface area (Å²) in [6, 6.07) is 9.81. The molecule has 1 fully saturated rings. The van der Waals surface area contributed by atoms with E-state index in [4.69, 9.17) is 5.26 Å². The van der Waals surface area contributed by atoms with E-state index in [1.54, 1.807) is 12.3 Å². The lowest BCUT2D eigenvalue weighted by atomic mass is 10.2. The van der Waals surface area contributed by atoms with Crippen molar-refractivity contribution in [3.05, 3.63) is 47.5 Å². The Morgan fingerprint density at radius 2 is 2.29 bits per heavy atom. The second-order valence-corrected chi connectivity index (χ2v) is 6.39. The van der Waals surface area contributed by atoms with Crippen molar-refractivity contribution < 1.29 is 4.79 Å². The van der Waals surface area contributed by atoms with Crippen LogP contribution in [0, 0.1) is 11.3 Å². The van der Waals surface area contributed by atoms with Crippen LogP contribution in [0.3, 0.4) is 0 Å². The van der Waals surface area contributed by atoms with E-state index >= 15 is 0 Å². The minimum atomic E-state index is 0.0747. The molecule has 4 rings (SSSR count). The highest BCUT2D eigenvalue weighted by Gasteiger charge is 2.30. The van der Waals surface area contributed by atoms with Crippen molar-refractivity contribution in [2.45, 2.75) is 31.8 Å². The van der Waals surface area contributed by atoms with E-state index in [1.165, 1.54) is 0 Å². The molecule has 2 aromatic rings. The lowest BCUT2D eigenvalue weighted by Gasteiger charge is -2.18. The first-order chi connectivity index (χ1) is 11.7. The van der Waals surface area contributed by atoms with Crippen LogP contribution >= 0.6 is 0 Å². The summed E-state index contributed by atoms with van der Waals surface area (Å²) in [7, 11) is 0. The normalized spacial score (nSPS) is 19.1. The Kier molecular flexibility index (Phi) is 3.69. The standard InChI is InChI=1S/C18H19N5O/c19-10-13-3-1-4-14(9-13)21-15-6-8-22(12-15)18(24)16-11-20-17-5-2-7-23(16)17/h1,3-4,9,11,15,21H,2,5-8,12H2. The topological polar surface area (TPSA) is 74.0 Å². The smallest absolute Gasteiger partial charge is 0.272 e. The molecule has 1 amide bonds. The molecular weight excluding hydrogens is 302 g/mol. The zero-order valence-corrected chi connectivity index (χ0v) is 13.4. The van der Waals surface area contributed by atoms with Gasteiger partial charge in [0.15, 0.2) is 0 Å². The van der Waals surface area contributed by atoms with Crippen LogP contribution in [0.25, 0.3) is 0 Å². The first-order valence-corrected chi connectivity index (χ1v) is 8.35. The van der Waals surface area contributed by atoms with Gasteiger partial charge in [-0.05, 0) is 31.0 Å². The van der Waals surface area contributed by atoms with Gasteiger partial charge >= 0.3 is 0 Å². The molecule has 1 atom stereocenters. The lowest BCUT2D eigenvalue weighted by molar-refractivity contribution is 0.0781. The molecule has 0 aliphatic carbocycles. The third-order valence-corrected chi connectivity index (χ3v) is 4.78. The third-order valence-electron chi connectivity index (χ3n) is 4.78. The van der Waals surface area contributed by atoms with Gasteiger partial charge in [0, 0.05) is 37.8 Å². The average molecular weight is 321 g/mol. The fourth-order valence-electron chi connectivity index (χ4n) is 3.57. The van der Waals surface area contributed by atoms with Crippen LogP contribution in [0.4, 0.5) is 5.69 Å². The Morgan fingerprint density at radius 1 is 1.38 bits per heavy atom. The van der Waals surface area contributed by atoms with Crippen molar-refractivity contribution in [1.82, 2.24) is 14.5 Å². The van der Waals surface area contributed by atoms with Gasteiger partial charge in [0.25, 0.3) is 5.91 Å². The van der Waals surface area contributed by atoms with Gasteiger partial charge in [-0.1, -0.05) is 6.07 Å². The summed E-state index contributed by atoms with van der Waals surface area (Å²) in [5, 5.41) is 12.4. The molecule has 1 aromatic carbocycles. The number of rotatable bonds is 3. The van der Waals surface area contributed by atoms with Gasteiger partial charge < -0.3 is 14.8 Å². The van der Waals surface area contributed by atoms with Crippen LogP contribution in [-0.2, 0) is 13.0 Å². The number of anilines is 1. The van der Waals surface area contributed by atoms with Crippen LogP contribution in [0.15, 0.2) is 30.5 Å². The molecule has 2 aliphatic heterocycles. The van der Waals surface area contributed by atoms with Gasteiger partial charge in [-0.15, -0.1) is 0 Å². The summed E-state index contributed by atoms with van der Waals surface area (Å²) in [4.78, 5) is 19.0. The number of nitriles is 1. The molecule has 0 saturated carbocycles. The number of amides is 1. The number of nitrogens with one attached hydrogen (secondary N) is 1. The van der Waals surface area contributed by atoms with E-state index in [1.807, 2.05) is 23.1 Å². The molecule has 122 valence electrons. The fraction of sp³-hybridized carbons (Fsp3) is 0.389. The average Bonchev–Trinajstić information content (AvgIpc) is 3.31. The molecule has 6 heteroatoms. The van der Waals surface area contributed by atoms with Gasteiger partial charge in [0.05, 0.1) is 17.8 Å². The molecule has 3 heterocycles. The van der Waals surface area contributed by atoms with Crippen molar-refractivity contribution >= 4 is 11.6 Å². The maximum atomic E-state index is 12.8. The zero-order valence-electron chi connectivity index (χ0n) is 13.4. The van der Waals surface area contributed by atoms with Gasteiger partial charge in [0.1, 0.15) is 11.5 Å². The SMILES string of the molecule is N#Cc1cccc(NC2CCN(C(=O)c3cnc4n3CCC4)C2)c1. The summed E-state index contributed by atoms with van der Waals surface area (Å²) >= 11 is 0. The van der Waals surface area contributed by atoms with Gasteiger partial charge in [0.2, 0.25) is 0 Å². The molecular formula is C18H19N5O. The van der Waals surface area contributed by atoms with Crippen LogP contribution < -0.4 is 5.32 Å². The first-order valence-electron chi connectivity index (χ1n) is 8.35. The molecule has 1 N–H and O–H groups in total. The predicted molar refractivity (Wildman–Crippen MR) is 89.6 cm³/mol. The van der Waals surface area contributed by atoms with Crippen molar-refractivity contribution in [2.24, 2.45) is 0 Å². The highest BCUT2D eigenvalue weighted by molar-refractivity contribution is 5.93. The second-order valence-electron chi connectivity index (χ2n) is 6.39. The Hall–Kier alpha value is -2.81. The number of carbonyl (C=O) groups is 1. The second kappa shape index (κ2) is 6.00. The van der Waals surface area contributed by atoms with E-state index in [-0.39, 0.29) is 11.9 Å². The Bertz CT molecular complexity index is 819. The maximum Gasteiger partial charge on any atom is 0.272 e. The summed E-state index contributed by atoms with van der Waals surface area (Å²) < 4.78 is 2.06. The molecule has 1 unspecified atom stereocenters. The highest BCUT2D eigenvalue weighted by Crippen LogP contribution is 2.21. The maximum absolute atomic E-state index is 12.8. The number of aromatic nitrogens is 2. The van der Waals surface area contributed by atoms with Crippen molar-refractivity contribution in [3.8, 4) is 6.07 Å². The lowest BCUT2D eigenvalue weighted by Crippen LogP contribution is -2.32. The van der Waals surface area contributed by atoms with Crippen molar-refractivity contribution in [3.63, 3.8) is 0 Å². The number of hydrogen-bond donors (Lipinski definition) is 1. The number of fused-ring (bicyclic) bond motifs is 1. The monoisotopic (exact) mass is 321 g/mol. The quantitative estimate of drug-likeness (QED) is 0.938. The van der Waals surface area contributed by atoms with E-state index < -0.39 is 0 Å². The summed E-state index contributed by atoms with van der Waals surface area (Å²) in [6.07, 6.45) is 4.66. The third kappa shape index (κ3) is 2.62. The van der Waals surface area contributed by atoms with E-state index in [0.29, 0.717) is 12.1 Å². The van der Waals surface area contributed by atoms with Gasteiger partial charge in [-0.2, -0.15) is 5.26 Å². The first kappa shape index (κ1) is 14.8. The van der Waals surface area contributed by atoms with Crippen LogP contribution in [0.1, 0.15) is 34.7 Å². The minimum absolute atomic E-state index is 0.0747. The largest absolute Gasteiger partial charge is 0.380 e. The van der Waals surface area contributed by atoms with Gasteiger partial charge in [-0.25, -0.2) is 4.98 Å². The molecule has 0 spiro atoms. The van der Waals surface area contributed by atoms with Crippen molar-refractivity contribution in [1.29, 1.82) is 5.26 Å². The van der Waals surface area contributed by atoms with Crippen LogP contribution in [0.5, 0.6) is 0 Å². The Morgan fingerprint density at radius 3 is 3.17 bits per heavy atom. The predicted octanol–water partition coefficient (Wildman–Crippen LogP) is 2.03. The number of likely N-dealkylation sites (tertiary alicyclic amines) is 1. The molecule has 1 saturated heterocycles. The highest BCUT2D eigenvalue weighted by atomic mass is 16.2. The summed E-state index contributed by atoms with van der Waals surface area (Å²) in [6.45, 7) is 2.32. The molecule has 24 heavy (non-hydrogen) atoms. The number of hydrogen-bond acceptors (Lipinski definition) is 4. The van der Waals surface area contributed by atoms with Crippen LogP contribution in [-0.4, -0.2) is 39.5 Å². The number of carbonyl (C=O) groups excluding carboxylic acids is 1. The molecule has 1 aromatic heterocycles. The van der Waals surface area contributed by atoms with Crippen molar-refractivity contribution in [2.75, 3.05) is 18.4 Å². The van der Waals surface area contributed by atoms with E-state index in [9.17, 15) is 4.79 Å². The fourth-order valence-corrected chi connectivity index (χ4v) is 3.57. The van der Waals surface area contributed by atoms with Gasteiger partial charge in [-0.3, -0.25) is 4.79 Å². The summed E-state index contributed by atoms with van der Waals surface area (Å²) in [5.41, 5.74) is 2.29. The molecule has 0 radical (unpaired) electrons. The van der Waals surface area contributed by atoms with E-state index in [0.717, 1.165) is 49.6 Å².